The lowest BCUT2D eigenvalue weighted by atomic mass is 10.1. The molecule has 3 aromatic rings. The molecule has 0 radical (unpaired) electrons. The number of fused-ring (bicyclic) bond motifs is 1. The summed E-state index contributed by atoms with van der Waals surface area (Å²) in [6.45, 7) is 1.95. The van der Waals surface area contributed by atoms with Crippen molar-refractivity contribution >= 4 is 16.9 Å². The summed E-state index contributed by atoms with van der Waals surface area (Å²) < 4.78 is 16.8. The third-order valence-corrected chi connectivity index (χ3v) is 3.68. The van der Waals surface area contributed by atoms with Gasteiger partial charge in [0.05, 0.1) is 26.0 Å². The fourth-order valence-electron chi connectivity index (χ4n) is 2.42. The quantitative estimate of drug-likeness (QED) is 0.729. The number of ether oxygens (including phenoxy) is 2. The van der Waals surface area contributed by atoms with Gasteiger partial charge in [-0.2, -0.15) is 4.73 Å². The van der Waals surface area contributed by atoms with Crippen LogP contribution in [0.4, 0.5) is 0 Å². The van der Waals surface area contributed by atoms with Crippen LogP contribution in [0.5, 0.6) is 11.6 Å². The molecule has 0 unspecified atom stereocenters. The summed E-state index contributed by atoms with van der Waals surface area (Å²) in [7, 11) is 2.91. The Bertz CT molecular complexity index is 1000. The Morgan fingerprint density at radius 2 is 2.20 bits per heavy atom. The molecule has 8 nitrogen and oxygen atoms in total. The SMILES string of the molecule is CCc1cc2c(C(=O)N=c3ccn(O)cc3OC)cnc(OC)c2o1. The number of hydrogen-bond donors (Lipinski definition) is 1. The second-order valence-corrected chi connectivity index (χ2v) is 5.19. The largest absolute Gasteiger partial charge is 0.493 e. The zero-order valence-electron chi connectivity index (χ0n) is 14.0. The summed E-state index contributed by atoms with van der Waals surface area (Å²) in [4.78, 5) is 20.9. The van der Waals surface area contributed by atoms with Gasteiger partial charge in [-0.1, -0.05) is 6.92 Å². The van der Waals surface area contributed by atoms with Crippen LogP contribution >= 0.6 is 0 Å². The standard InChI is InChI=1S/C17H17N3O5/c1-4-10-7-11-12(8-18-17(24-3)15(11)25-10)16(21)19-13-5-6-20(22)9-14(13)23-2/h5-9,22H,4H2,1-3H3. The molecule has 0 aliphatic heterocycles. The van der Waals surface area contributed by atoms with Crippen LogP contribution in [-0.4, -0.2) is 35.0 Å². The minimum Gasteiger partial charge on any atom is -0.493 e. The van der Waals surface area contributed by atoms with Crippen LogP contribution in [0.3, 0.4) is 0 Å². The van der Waals surface area contributed by atoms with E-state index in [1.165, 1.54) is 38.9 Å². The van der Waals surface area contributed by atoms with Crippen LogP contribution in [0, 0.1) is 0 Å². The molecule has 25 heavy (non-hydrogen) atoms. The van der Waals surface area contributed by atoms with Crippen molar-refractivity contribution in [2.45, 2.75) is 13.3 Å². The van der Waals surface area contributed by atoms with E-state index in [4.69, 9.17) is 13.9 Å². The van der Waals surface area contributed by atoms with Crippen LogP contribution in [0.25, 0.3) is 11.0 Å². The molecule has 130 valence electrons. The summed E-state index contributed by atoms with van der Waals surface area (Å²) in [6.07, 6.45) is 4.74. The van der Waals surface area contributed by atoms with E-state index in [9.17, 15) is 10.0 Å². The maximum Gasteiger partial charge on any atom is 0.279 e. The van der Waals surface area contributed by atoms with Crippen LogP contribution < -0.4 is 14.8 Å². The fraction of sp³-hybridized carbons (Fsp3) is 0.235. The second-order valence-electron chi connectivity index (χ2n) is 5.19. The van der Waals surface area contributed by atoms with Gasteiger partial charge in [0.2, 0.25) is 0 Å². The molecule has 3 rings (SSSR count). The first-order valence-corrected chi connectivity index (χ1v) is 7.57. The molecule has 3 aromatic heterocycles. The molecule has 0 atom stereocenters. The average molecular weight is 343 g/mol. The van der Waals surface area contributed by atoms with Gasteiger partial charge < -0.3 is 19.1 Å². The molecule has 3 heterocycles. The van der Waals surface area contributed by atoms with Gasteiger partial charge in [0.1, 0.15) is 11.1 Å². The normalized spacial score (nSPS) is 11.7. The number of aryl methyl sites for hydroxylation is 1. The number of furan rings is 1. The Morgan fingerprint density at radius 3 is 2.88 bits per heavy atom. The molecule has 1 N–H and O–H groups in total. The van der Waals surface area contributed by atoms with Gasteiger partial charge in [0.25, 0.3) is 11.8 Å². The first-order chi connectivity index (χ1) is 12.1. The van der Waals surface area contributed by atoms with Crippen LogP contribution in [0.2, 0.25) is 0 Å². The zero-order chi connectivity index (χ0) is 18.0. The van der Waals surface area contributed by atoms with Gasteiger partial charge in [0.15, 0.2) is 11.3 Å². The van der Waals surface area contributed by atoms with E-state index in [1.807, 2.05) is 6.92 Å². The predicted octanol–water partition coefficient (Wildman–Crippen LogP) is 2.19. The third kappa shape index (κ3) is 3.06. The van der Waals surface area contributed by atoms with E-state index >= 15 is 0 Å². The number of methoxy groups -OCH3 is 2. The Balaban J connectivity index is 2.15. The van der Waals surface area contributed by atoms with Gasteiger partial charge in [-0.05, 0) is 12.1 Å². The van der Waals surface area contributed by atoms with Gasteiger partial charge in [0, 0.05) is 24.2 Å². The zero-order valence-corrected chi connectivity index (χ0v) is 14.0. The van der Waals surface area contributed by atoms with Crippen molar-refractivity contribution in [3.63, 3.8) is 0 Å². The van der Waals surface area contributed by atoms with E-state index < -0.39 is 5.91 Å². The molecule has 8 heteroatoms. The Morgan fingerprint density at radius 1 is 1.40 bits per heavy atom. The highest BCUT2D eigenvalue weighted by atomic mass is 16.5. The monoisotopic (exact) mass is 343 g/mol. The van der Waals surface area contributed by atoms with E-state index in [0.29, 0.717) is 40.0 Å². The summed E-state index contributed by atoms with van der Waals surface area (Å²) in [5.41, 5.74) is 0.704. The molecule has 0 saturated heterocycles. The van der Waals surface area contributed by atoms with Gasteiger partial charge in [-0.3, -0.25) is 4.79 Å². The maximum atomic E-state index is 12.7. The minimum absolute atomic E-state index is 0.262. The molecule has 0 bridgehead atoms. The van der Waals surface area contributed by atoms with Gasteiger partial charge in [-0.25, -0.2) is 9.98 Å². The molecule has 0 spiro atoms. The highest BCUT2D eigenvalue weighted by molar-refractivity contribution is 6.07. The Hall–Kier alpha value is -3.29. The van der Waals surface area contributed by atoms with Crippen LogP contribution in [0.15, 0.2) is 40.1 Å². The van der Waals surface area contributed by atoms with Gasteiger partial charge >= 0.3 is 0 Å². The van der Waals surface area contributed by atoms with Crippen LogP contribution in [0.1, 0.15) is 23.0 Å². The summed E-state index contributed by atoms with van der Waals surface area (Å²) in [5, 5.41) is 10.3. The number of nitrogens with zero attached hydrogens (tertiary/aromatic N) is 3. The molecule has 0 aromatic carbocycles. The smallest absolute Gasteiger partial charge is 0.279 e. The molecular formula is C17H17N3O5. The minimum atomic E-state index is -0.502. The number of aromatic nitrogens is 2. The van der Waals surface area contributed by atoms with Crippen molar-refractivity contribution in [3.8, 4) is 11.6 Å². The fourth-order valence-corrected chi connectivity index (χ4v) is 2.42. The topological polar surface area (TPSA) is 99.1 Å². The molecular weight excluding hydrogens is 326 g/mol. The number of pyridine rings is 2. The molecule has 0 saturated carbocycles. The maximum absolute atomic E-state index is 12.7. The van der Waals surface area contributed by atoms with Crippen molar-refractivity contribution in [3.05, 3.63) is 47.4 Å². The summed E-state index contributed by atoms with van der Waals surface area (Å²) in [5.74, 6) is 0.786. The number of carbonyl (C=O) groups excluding carboxylic acids is 1. The Kier molecular flexibility index (Phi) is 4.42. The Labute approximate surface area is 142 Å². The average Bonchev–Trinajstić information content (AvgIpc) is 3.06. The van der Waals surface area contributed by atoms with E-state index in [0.717, 1.165) is 4.73 Å². The lowest BCUT2D eigenvalue weighted by Crippen LogP contribution is -2.12. The first kappa shape index (κ1) is 16.6. The third-order valence-electron chi connectivity index (χ3n) is 3.68. The molecule has 1 amide bonds. The summed E-state index contributed by atoms with van der Waals surface area (Å²) >= 11 is 0. The lowest BCUT2D eigenvalue weighted by molar-refractivity contribution is 0.0998. The first-order valence-electron chi connectivity index (χ1n) is 7.57. The van der Waals surface area contributed by atoms with Crippen molar-refractivity contribution in [1.29, 1.82) is 0 Å². The van der Waals surface area contributed by atoms with Gasteiger partial charge in [-0.15, -0.1) is 0 Å². The number of amides is 1. The number of hydrogen-bond acceptors (Lipinski definition) is 6. The number of rotatable bonds is 4. The highest BCUT2D eigenvalue weighted by Gasteiger charge is 2.18. The second kappa shape index (κ2) is 6.68. The molecule has 0 aliphatic rings. The number of carbonyl (C=O) groups is 1. The van der Waals surface area contributed by atoms with Crippen molar-refractivity contribution in [2.75, 3.05) is 14.2 Å². The van der Waals surface area contributed by atoms with E-state index in [1.54, 1.807) is 6.07 Å². The van der Waals surface area contributed by atoms with E-state index in [2.05, 4.69) is 9.98 Å². The van der Waals surface area contributed by atoms with Crippen molar-refractivity contribution in [1.82, 2.24) is 9.71 Å². The highest BCUT2D eigenvalue weighted by Crippen LogP contribution is 2.30. The molecule has 0 aliphatic carbocycles. The van der Waals surface area contributed by atoms with Crippen LogP contribution in [-0.2, 0) is 6.42 Å². The van der Waals surface area contributed by atoms with Crippen molar-refractivity contribution < 1.29 is 23.9 Å². The lowest BCUT2D eigenvalue weighted by Gasteiger charge is -2.04. The van der Waals surface area contributed by atoms with E-state index in [-0.39, 0.29) is 5.75 Å². The molecule has 0 fully saturated rings. The van der Waals surface area contributed by atoms with Crippen molar-refractivity contribution in [2.24, 2.45) is 4.99 Å². The summed E-state index contributed by atoms with van der Waals surface area (Å²) in [6, 6.07) is 3.25. The predicted molar refractivity (Wildman–Crippen MR) is 88.0 cm³/mol.